The van der Waals surface area contributed by atoms with Gasteiger partial charge in [0.15, 0.2) is 6.10 Å². The van der Waals surface area contributed by atoms with E-state index >= 15 is 0 Å². The van der Waals surface area contributed by atoms with Crippen LogP contribution in [0.2, 0.25) is 0 Å². The maximum Gasteiger partial charge on any atom is 0.338 e. The van der Waals surface area contributed by atoms with Gasteiger partial charge in [-0.25, -0.2) is 13.2 Å². The molecule has 0 aliphatic rings. The van der Waals surface area contributed by atoms with Gasteiger partial charge in [-0.15, -0.1) is 0 Å². The Morgan fingerprint density at radius 3 is 2.26 bits per heavy atom. The molecule has 0 saturated heterocycles. The van der Waals surface area contributed by atoms with Crippen LogP contribution in [-0.4, -0.2) is 40.1 Å². The van der Waals surface area contributed by atoms with Gasteiger partial charge in [0, 0.05) is 12.2 Å². The summed E-state index contributed by atoms with van der Waals surface area (Å²) in [5.41, 5.74) is 1.33. The van der Waals surface area contributed by atoms with Crippen molar-refractivity contribution in [2.45, 2.75) is 38.7 Å². The molecule has 0 aromatic heterocycles. The molecule has 2 N–H and O–H groups in total. The fourth-order valence-electron chi connectivity index (χ4n) is 2.58. The van der Waals surface area contributed by atoms with Crippen LogP contribution < -0.4 is 14.8 Å². The normalized spacial score (nSPS) is 12.2. The van der Waals surface area contributed by atoms with Crippen molar-refractivity contribution in [2.24, 2.45) is 5.92 Å². The van der Waals surface area contributed by atoms with Crippen molar-refractivity contribution in [2.75, 3.05) is 18.4 Å². The molecule has 0 saturated carbocycles. The van der Waals surface area contributed by atoms with E-state index in [1.54, 1.807) is 24.3 Å². The van der Waals surface area contributed by atoms with Gasteiger partial charge in [0.05, 0.1) is 12.7 Å². The van der Waals surface area contributed by atoms with E-state index in [0.717, 1.165) is 11.6 Å². The number of sulfonamides is 1. The summed E-state index contributed by atoms with van der Waals surface area (Å²) in [6, 6.07) is 10.7. The quantitative estimate of drug-likeness (QED) is 0.570. The van der Waals surface area contributed by atoms with Crippen LogP contribution in [0.3, 0.4) is 0 Å². The summed E-state index contributed by atoms with van der Waals surface area (Å²) in [4.78, 5) is 24.3. The largest absolute Gasteiger partial charge is 0.495 e. The van der Waals surface area contributed by atoms with Crippen LogP contribution in [0.15, 0.2) is 47.4 Å². The number of rotatable bonds is 9. The lowest BCUT2D eigenvalue weighted by Gasteiger charge is -2.16. The molecule has 0 aliphatic heterocycles. The molecule has 9 heteroatoms. The molecule has 0 radical (unpaired) electrons. The number of aryl methyl sites for hydroxylation is 1. The molecule has 0 heterocycles. The Labute approximate surface area is 183 Å². The molecule has 0 bridgehead atoms. The predicted octanol–water partition coefficient (Wildman–Crippen LogP) is 3.12. The second-order valence-corrected chi connectivity index (χ2v) is 9.17. The first kappa shape index (κ1) is 24.2. The number of nitrogens with one attached hydrogen (secondary N) is 2. The highest BCUT2D eigenvalue weighted by Crippen LogP contribution is 2.27. The lowest BCUT2D eigenvalue weighted by atomic mass is 10.2. The fraction of sp³-hybridized carbons (Fsp3) is 0.364. The third kappa shape index (κ3) is 6.71. The lowest BCUT2D eigenvalue weighted by Crippen LogP contribution is -2.37. The van der Waals surface area contributed by atoms with E-state index in [9.17, 15) is 18.0 Å². The average Bonchev–Trinajstić information content (AvgIpc) is 2.72. The minimum atomic E-state index is -4.05. The predicted molar refractivity (Wildman–Crippen MR) is 118 cm³/mol. The number of ether oxygens (including phenoxy) is 2. The number of esters is 1. The summed E-state index contributed by atoms with van der Waals surface area (Å²) in [5.74, 6) is -0.924. The molecule has 1 amide bonds. The number of methoxy groups -OCH3 is 1. The van der Waals surface area contributed by atoms with Crippen LogP contribution in [0.4, 0.5) is 5.69 Å². The van der Waals surface area contributed by atoms with E-state index in [1.165, 1.54) is 26.2 Å². The third-order valence-electron chi connectivity index (χ3n) is 4.33. The Kier molecular flexibility index (Phi) is 8.04. The van der Waals surface area contributed by atoms with E-state index in [4.69, 9.17) is 9.47 Å². The van der Waals surface area contributed by atoms with E-state index in [0.29, 0.717) is 12.2 Å². The topological polar surface area (TPSA) is 111 Å². The molecule has 2 aromatic carbocycles. The third-order valence-corrected chi connectivity index (χ3v) is 5.73. The molecule has 0 fully saturated rings. The van der Waals surface area contributed by atoms with E-state index < -0.39 is 28.0 Å². The average molecular weight is 449 g/mol. The van der Waals surface area contributed by atoms with E-state index in [1.807, 2.05) is 20.8 Å². The minimum absolute atomic E-state index is 0.0198. The van der Waals surface area contributed by atoms with Crippen molar-refractivity contribution in [1.82, 2.24) is 5.32 Å². The smallest absolute Gasteiger partial charge is 0.338 e. The van der Waals surface area contributed by atoms with Crippen molar-refractivity contribution in [1.29, 1.82) is 0 Å². The van der Waals surface area contributed by atoms with Crippen LogP contribution in [0.25, 0.3) is 0 Å². The van der Waals surface area contributed by atoms with E-state index in [2.05, 4.69) is 10.0 Å². The maximum atomic E-state index is 12.9. The summed E-state index contributed by atoms with van der Waals surface area (Å²) < 4.78 is 38.6. The van der Waals surface area contributed by atoms with Crippen LogP contribution in [-0.2, 0) is 19.6 Å². The molecule has 0 aliphatic carbocycles. The van der Waals surface area contributed by atoms with Gasteiger partial charge in [0.1, 0.15) is 10.6 Å². The molecule has 1 atom stereocenters. The summed E-state index contributed by atoms with van der Waals surface area (Å²) >= 11 is 0. The fourth-order valence-corrected chi connectivity index (χ4v) is 3.83. The Bertz CT molecular complexity index is 1030. The second kappa shape index (κ2) is 10.3. The van der Waals surface area contributed by atoms with Gasteiger partial charge < -0.3 is 14.8 Å². The van der Waals surface area contributed by atoms with Crippen LogP contribution >= 0.6 is 0 Å². The van der Waals surface area contributed by atoms with Gasteiger partial charge in [0.2, 0.25) is 0 Å². The first-order chi connectivity index (χ1) is 14.5. The van der Waals surface area contributed by atoms with Crippen molar-refractivity contribution < 1.29 is 27.5 Å². The molecule has 8 nitrogen and oxygen atoms in total. The van der Waals surface area contributed by atoms with Crippen molar-refractivity contribution >= 4 is 27.6 Å². The van der Waals surface area contributed by atoms with Crippen molar-refractivity contribution in [3.8, 4) is 5.75 Å². The zero-order valence-electron chi connectivity index (χ0n) is 18.3. The Balaban J connectivity index is 2.23. The highest BCUT2D eigenvalue weighted by Gasteiger charge is 2.24. The number of carbonyl (C=O) groups is 2. The number of benzene rings is 2. The van der Waals surface area contributed by atoms with Crippen molar-refractivity contribution in [3.63, 3.8) is 0 Å². The van der Waals surface area contributed by atoms with Gasteiger partial charge in [-0.2, -0.15) is 0 Å². The first-order valence-electron chi connectivity index (χ1n) is 9.79. The van der Waals surface area contributed by atoms with Gasteiger partial charge in [-0.3, -0.25) is 9.52 Å². The lowest BCUT2D eigenvalue weighted by molar-refractivity contribution is -0.129. The van der Waals surface area contributed by atoms with Gasteiger partial charge in [0.25, 0.3) is 15.9 Å². The van der Waals surface area contributed by atoms with Crippen LogP contribution in [0.5, 0.6) is 5.75 Å². The standard InChI is InChI=1S/C22H28N2O6S/c1-14(2)13-23-21(25)16(4)30-22(26)17-8-11-19(29-5)20(12-17)31(27,28)24-18-9-6-15(3)7-10-18/h6-12,14,16,24H,13H2,1-5H3,(H,23,25). The number of hydrogen-bond donors (Lipinski definition) is 2. The Morgan fingerprint density at radius 2 is 1.68 bits per heavy atom. The summed E-state index contributed by atoms with van der Waals surface area (Å²) in [5, 5.41) is 2.68. The summed E-state index contributed by atoms with van der Waals surface area (Å²) in [6.07, 6.45) is -1.03. The number of carbonyl (C=O) groups excluding carboxylic acids is 2. The molecule has 2 aromatic rings. The molecule has 31 heavy (non-hydrogen) atoms. The second-order valence-electron chi connectivity index (χ2n) is 7.52. The number of amides is 1. The zero-order chi connectivity index (χ0) is 23.2. The van der Waals surface area contributed by atoms with Crippen molar-refractivity contribution in [3.05, 3.63) is 53.6 Å². The maximum absolute atomic E-state index is 12.9. The minimum Gasteiger partial charge on any atom is -0.495 e. The molecule has 1 unspecified atom stereocenters. The number of hydrogen-bond acceptors (Lipinski definition) is 6. The van der Waals surface area contributed by atoms with Gasteiger partial charge >= 0.3 is 5.97 Å². The monoisotopic (exact) mass is 448 g/mol. The van der Waals surface area contributed by atoms with Gasteiger partial charge in [-0.05, 0) is 50.1 Å². The first-order valence-corrected chi connectivity index (χ1v) is 11.3. The molecule has 168 valence electrons. The molecule has 2 rings (SSSR count). The molecular formula is C22H28N2O6S. The van der Waals surface area contributed by atoms with Gasteiger partial charge in [-0.1, -0.05) is 31.5 Å². The number of anilines is 1. The van der Waals surface area contributed by atoms with E-state index in [-0.39, 0.29) is 22.1 Å². The highest BCUT2D eigenvalue weighted by molar-refractivity contribution is 7.92. The summed E-state index contributed by atoms with van der Waals surface area (Å²) in [6.45, 7) is 7.69. The highest BCUT2D eigenvalue weighted by atomic mass is 32.2. The molecule has 0 spiro atoms. The van der Waals surface area contributed by atoms with Crippen LogP contribution in [0.1, 0.15) is 36.7 Å². The molecular weight excluding hydrogens is 420 g/mol. The Morgan fingerprint density at radius 1 is 1.03 bits per heavy atom. The SMILES string of the molecule is COc1ccc(C(=O)OC(C)C(=O)NCC(C)C)cc1S(=O)(=O)Nc1ccc(C)cc1. The summed E-state index contributed by atoms with van der Waals surface area (Å²) in [7, 11) is -2.72. The van der Waals surface area contributed by atoms with Crippen LogP contribution in [0, 0.1) is 12.8 Å². The zero-order valence-corrected chi connectivity index (χ0v) is 19.1. The Hall–Kier alpha value is -3.07.